The Morgan fingerprint density at radius 1 is 1.45 bits per heavy atom. The summed E-state index contributed by atoms with van der Waals surface area (Å²) < 4.78 is 5.52. The quantitative estimate of drug-likeness (QED) is 0.849. The number of aliphatic hydroxyl groups excluding tert-OH is 1. The fraction of sp³-hybridized carbons (Fsp3) is 0.500. The summed E-state index contributed by atoms with van der Waals surface area (Å²) in [6.45, 7) is 1.51. The molecule has 0 aromatic heterocycles. The molecule has 4 nitrogen and oxygen atoms in total. The molecule has 0 saturated carbocycles. The maximum Gasteiger partial charge on any atom is 0.222 e. The van der Waals surface area contributed by atoms with E-state index in [-0.39, 0.29) is 12.0 Å². The number of amides is 1. The van der Waals surface area contributed by atoms with Crippen molar-refractivity contribution in [1.82, 2.24) is 4.90 Å². The van der Waals surface area contributed by atoms with Crippen molar-refractivity contribution in [2.45, 2.75) is 25.4 Å². The summed E-state index contributed by atoms with van der Waals surface area (Å²) in [4.78, 5) is 13.5. The zero-order valence-electron chi connectivity index (χ0n) is 11.0. The molecule has 6 heteroatoms. The van der Waals surface area contributed by atoms with Gasteiger partial charge in [0.05, 0.1) is 17.7 Å². The number of hydrogen-bond acceptors (Lipinski definition) is 3. The second kappa shape index (κ2) is 7.16. The molecule has 1 aliphatic rings. The molecule has 1 fully saturated rings. The molecule has 0 radical (unpaired) electrons. The lowest BCUT2D eigenvalue weighted by molar-refractivity contribution is -0.130. The molecule has 0 aliphatic carbocycles. The van der Waals surface area contributed by atoms with Crippen LogP contribution in [0.3, 0.4) is 0 Å². The third-order valence-corrected chi connectivity index (χ3v) is 3.73. The van der Waals surface area contributed by atoms with E-state index in [2.05, 4.69) is 0 Å². The Hall–Kier alpha value is -0.970. The van der Waals surface area contributed by atoms with Crippen molar-refractivity contribution in [3.63, 3.8) is 0 Å². The summed E-state index contributed by atoms with van der Waals surface area (Å²) in [6, 6.07) is 5.04. The van der Waals surface area contributed by atoms with Gasteiger partial charge in [0.2, 0.25) is 5.91 Å². The van der Waals surface area contributed by atoms with Gasteiger partial charge < -0.3 is 14.7 Å². The maximum absolute atomic E-state index is 11.8. The van der Waals surface area contributed by atoms with E-state index in [9.17, 15) is 9.90 Å². The van der Waals surface area contributed by atoms with Crippen molar-refractivity contribution >= 4 is 29.1 Å². The number of β-amino-alcohol motifs (C(OH)–C–C–N with tert-alkyl or cyclic N) is 1. The second-order valence-corrected chi connectivity index (χ2v) is 5.65. The molecule has 1 heterocycles. The van der Waals surface area contributed by atoms with Gasteiger partial charge in [0.25, 0.3) is 0 Å². The fourth-order valence-corrected chi connectivity index (χ4v) is 2.59. The number of carbonyl (C=O) groups excluding carboxylic acids is 1. The molecule has 0 unspecified atom stereocenters. The third kappa shape index (κ3) is 4.27. The van der Waals surface area contributed by atoms with E-state index in [0.717, 1.165) is 0 Å². The summed E-state index contributed by atoms with van der Waals surface area (Å²) in [7, 11) is 0. The number of aliphatic hydroxyl groups is 1. The number of ether oxygens (including phenoxy) is 1. The topological polar surface area (TPSA) is 49.8 Å². The summed E-state index contributed by atoms with van der Waals surface area (Å²) in [6.07, 6.45) is 1.33. The molecule has 20 heavy (non-hydrogen) atoms. The highest BCUT2D eigenvalue weighted by atomic mass is 35.5. The highest BCUT2D eigenvalue weighted by Crippen LogP contribution is 2.27. The fourth-order valence-electron chi connectivity index (χ4n) is 2.12. The monoisotopic (exact) mass is 317 g/mol. The van der Waals surface area contributed by atoms with Crippen LogP contribution in [0, 0.1) is 0 Å². The normalized spacial score (nSPS) is 18.4. The molecule has 1 saturated heterocycles. The van der Waals surface area contributed by atoms with Crippen molar-refractivity contribution in [2.24, 2.45) is 0 Å². The van der Waals surface area contributed by atoms with Gasteiger partial charge in [0.1, 0.15) is 5.75 Å². The van der Waals surface area contributed by atoms with E-state index in [0.29, 0.717) is 54.8 Å². The van der Waals surface area contributed by atoms with Crippen LogP contribution in [-0.4, -0.2) is 41.7 Å². The predicted octanol–water partition coefficient (Wildman–Crippen LogP) is 2.75. The zero-order chi connectivity index (χ0) is 14.5. The van der Waals surface area contributed by atoms with Crippen molar-refractivity contribution in [3.8, 4) is 5.75 Å². The first-order valence-corrected chi connectivity index (χ1v) is 7.35. The van der Waals surface area contributed by atoms with E-state index in [1.807, 2.05) is 0 Å². The lowest BCUT2D eigenvalue weighted by Crippen LogP contribution is -2.29. The molecule has 1 aromatic rings. The highest BCUT2D eigenvalue weighted by molar-refractivity contribution is 6.35. The first-order valence-electron chi connectivity index (χ1n) is 6.60. The number of hydrogen-bond donors (Lipinski definition) is 1. The van der Waals surface area contributed by atoms with Crippen molar-refractivity contribution in [2.75, 3.05) is 19.7 Å². The molecule has 1 N–H and O–H groups in total. The molecule has 110 valence electrons. The van der Waals surface area contributed by atoms with Gasteiger partial charge in [-0.1, -0.05) is 23.2 Å². The average Bonchev–Trinajstić information content (AvgIpc) is 2.83. The molecule has 1 amide bonds. The Balaban J connectivity index is 1.70. The largest absolute Gasteiger partial charge is 0.492 e. The SMILES string of the molecule is O=C(CCCOc1ccc(Cl)cc1Cl)N1CC[C@@H](O)C1. The molecule has 0 bridgehead atoms. The van der Waals surface area contributed by atoms with Gasteiger partial charge in [-0.05, 0) is 31.0 Å². The Morgan fingerprint density at radius 3 is 2.90 bits per heavy atom. The Kier molecular flexibility index (Phi) is 5.52. The van der Waals surface area contributed by atoms with Crippen molar-refractivity contribution in [1.29, 1.82) is 0 Å². The third-order valence-electron chi connectivity index (χ3n) is 3.20. The van der Waals surface area contributed by atoms with Crippen molar-refractivity contribution in [3.05, 3.63) is 28.2 Å². The minimum absolute atomic E-state index is 0.0624. The van der Waals surface area contributed by atoms with E-state index in [1.165, 1.54) is 0 Å². The standard InChI is InChI=1S/C14H17Cl2NO3/c15-10-3-4-13(12(16)8-10)20-7-1-2-14(19)17-6-5-11(18)9-17/h3-4,8,11,18H,1-2,5-7,9H2/t11-/m1/s1. The van der Waals surface area contributed by atoms with Gasteiger partial charge in [-0.15, -0.1) is 0 Å². The molecule has 2 rings (SSSR count). The lowest BCUT2D eigenvalue weighted by atomic mass is 10.3. The summed E-state index contributed by atoms with van der Waals surface area (Å²) in [5.74, 6) is 0.632. The van der Waals surface area contributed by atoms with Crippen LogP contribution in [0.15, 0.2) is 18.2 Å². The summed E-state index contributed by atoms with van der Waals surface area (Å²) in [5.41, 5.74) is 0. The number of rotatable bonds is 5. The Morgan fingerprint density at radius 2 is 2.25 bits per heavy atom. The van der Waals surface area contributed by atoms with Crippen molar-refractivity contribution < 1.29 is 14.6 Å². The smallest absolute Gasteiger partial charge is 0.222 e. The second-order valence-electron chi connectivity index (χ2n) is 4.81. The first kappa shape index (κ1) is 15.4. The van der Waals surface area contributed by atoms with Crippen LogP contribution in [-0.2, 0) is 4.79 Å². The number of nitrogens with zero attached hydrogens (tertiary/aromatic N) is 1. The van der Waals surface area contributed by atoms with E-state index >= 15 is 0 Å². The van der Waals surface area contributed by atoms with Gasteiger partial charge in [-0.25, -0.2) is 0 Å². The number of halogens is 2. The van der Waals surface area contributed by atoms with Crippen LogP contribution >= 0.6 is 23.2 Å². The van der Waals surface area contributed by atoms with Crippen LogP contribution in [0.2, 0.25) is 10.0 Å². The highest BCUT2D eigenvalue weighted by Gasteiger charge is 2.23. The number of likely N-dealkylation sites (tertiary alicyclic amines) is 1. The molecular formula is C14H17Cl2NO3. The van der Waals surface area contributed by atoms with Crippen LogP contribution < -0.4 is 4.74 Å². The van der Waals surface area contributed by atoms with Crippen LogP contribution in [0.25, 0.3) is 0 Å². The molecule has 1 atom stereocenters. The zero-order valence-corrected chi connectivity index (χ0v) is 12.5. The lowest BCUT2D eigenvalue weighted by Gasteiger charge is -2.15. The average molecular weight is 318 g/mol. The van der Waals surface area contributed by atoms with Crippen LogP contribution in [0.4, 0.5) is 0 Å². The van der Waals surface area contributed by atoms with Gasteiger partial charge in [0, 0.05) is 24.5 Å². The maximum atomic E-state index is 11.8. The van der Waals surface area contributed by atoms with E-state index in [4.69, 9.17) is 27.9 Å². The van der Waals surface area contributed by atoms with Gasteiger partial charge in [0.15, 0.2) is 0 Å². The molecule has 1 aromatic carbocycles. The summed E-state index contributed by atoms with van der Waals surface area (Å²) >= 11 is 11.8. The number of carbonyl (C=O) groups is 1. The van der Waals surface area contributed by atoms with Crippen LogP contribution in [0.1, 0.15) is 19.3 Å². The Labute approximate surface area is 128 Å². The van der Waals surface area contributed by atoms with Gasteiger partial charge in [-0.2, -0.15) is 0 Å². The molecular weight excluding hydrogens is 301 g/mol. The van der Waals surface area contributed by atoms with Crippen LogP contribution in [0.5, 0.6) is 5.75 Å². The minimum Gasteiger partial charge on any atom is -0.492 e. The van der Waals surface area contributed by atoms with Gasteiger partial charge >= 0.3 is 0 Å². The minimum atomic E-state index is -0.372. The predicted molar refractivity (Wildman–Crippen MR) is 78.4 cm³/mol. The van der Waals surface area contributed by atoms with Gasteiger partial charge in [-0.3, -0.25) is 4.79 Å². The van der Waals surface area contributed by atoms with E-state index < -0.39 is 0 Å². The summed E-state index contributed by atoms with van der Waals surface area (Å²) in [5, 5.41) is 10.4. The first-order chi connectivity index (χ1) is 9.56. The molecule has 1 aliphatic heterocycles. The van der Waals surface area contributed by atoms with E-state index in [1.54, 1.807) is 23.1 Å². The number of benzene rings is 1. The Bertz CT molecular complexity index is 481. The molecule has 0 spiro atoms.